The fraction of sp³-hybridized carbons (Fsp3) is 0.767. The average molecular weight is 549 g/mol. The maximum atomic E-state index is 13.1. The lowest BCUT2D eigenvalue weighted by atomic mass is 9.87. The number of hydrogen-bond acceptors (Lipinski definition) is 8. The molecule has 1 amide bonds. The van der Waals surface area contributed by atoms with Gasteiger partial charge in [0.05, 0.1) is 26.9 Å². The molecular formula is C30H48N2O7. The number of nitrogens with zero attached hydrogens (tertiary/aromatic N) is 1. The van der Waals surface area contributed by atoms with Crippen molar-refractivity contribution in [1.29, 1.82) is 0 Å². The van der Waals surface area contributed by atoms with Gasteiger partial charge in [-0.05, 0) is 62.2 Å². The van der Waals surface area contributed by atoms with Crippen LogP contribution in [0.2, 0.25) is 0 Å². The van der Waals surface area contributed by atoms with Crippen molar-refractivity contribution < 1.29 is 33.2 Å². The van der Waals surface area contributed by atoms with E-state index in [9.17, 15) is 4.79 Å². The molecule has 2 heterocycles. The first kappa shape index (κ1) is 29.7. The van der Waals surface area contributed by atoms with Crippen molar-refractivity contribution in [2.24, 2.45) is 17.8 Å². The summed E-state index contributed by atoms with van der Waals surface area (Å²) in [4.78, 5) is 15.1. The molecule has 220 valence electrons. The van der Waals surface area contributed by atoms with Crippen LogP contribution in [0.4, 0.5) is 4.79 Å². The van der Waals surface area contributed by atoms with Gasteiger partial charge in [-0.1, -0.05) is 13.8 Å². The minimum absolute atomic E-state index is 0.0259. The minimum Gasteiger partial charge on any atom is -0.493 e. The van der Waals surface area contributed by atoms with Gasteiger partial charge in [0, 0.05) is 51.6 Å². The van der Waals surface area contributed by atoms with Gasteiger partial charge in [0.2, 0.25) is 0 Å². The van der Waals surface area contributed by atoms with Crippen molar-refractivity contribution in [3.05, 3.63) is 18.2 Å². The van der Waals surface area contributed by atoms with E-state index < -0.39 is 0 Å². The van der Waals surface area contributed by atoms with E-state index in [0.29, 0.717) is 61.7 Å². The molecule has 39 heavy (non-hydrogen) atoms. The fourth-order valence-electron chi connectivity index (χ4n) is 5.45. The Morgan fingerprint density at radius 3 is 2.51 bits per heavy atom. The molecule has 0 aromatic heterocycles. The SMILES string of the molecule is COCCCOc1cc(OC(C[C@@H]2CNC[C@H]2CN(C(=O)OC2CCOCC2)C2CC2)C(C)C)ccc1OC. The van der Waals surface area contributed by atoms with E-state index in [4.69, 9.17) is 28.4 Å². The van der Waals surface area contributed by atoms with E-state index in [1.54, 1.807) is 14.2 Å². The Hall–Kier alpha value is -2.23. The maximum absolute atomic E-state index is 13.1. The van der Waals surface area contributed by atoms with E-state index >= 15 is 0 Å². The molecule has 0 bridgehead atoms. The Kier molecular flexibility index (Phi) is 11.4. The molecular weight excluding hydrogens is 500 g/mol. The van der Waals surface area contributed by atoms with Crippen molar-refractivity contribution in [2.75, 3.05) is 60.3 Å². The largest absolute Gasteiger partial charge is 0.493 e. The first-order chi connectivity index (χ1) is 19.0. The van der Waals surface area contributed by atoms with Gasteiger partial charge in [-0.15, -0.1) is 0 Å². The highest BCUT2D eigenvalue weighted by Gasteiger charge is 2.39. The lowest BCUT2D eigenvalue weighted by Gasteiger charge is -2.32. The predicted molar refractivity (Wildman–Crippen MR) is 149 cm³/mol. The third-order valence-corrected chi connectivity index (χ3v) is 8.02. The summed E-state index contributed by atoms with van der Waals surface area (Å²) in [6.45, 7) is 9.51. The van der Waals surface area contributed by atoms with Gasteiger partial charge in [0.15, 0.2) is 11.5 Å². The van der Waals surface area contributed by atoms with Crippen LogP contribution in [0.25, 0.3) is 0 Å². The lowest BCUT2D eigenvalue weighted by molar-refractivity contribution is -0.0129. The second-order valence-corrected chi connectivity index (χ2v) is 11.4. The highest BCUT2D eigenvalue weighted by Crippen LogP contribution is 2.35. The second-order valence-electron chi connectivity index (χ2n) is 11.4. The van der Waals surface area contributed by atoms with Crippen molar-refractivity contribution in [3.8, 4) is 17.2 Å². The quantitative estimate of drug-likeness (QED) is 0.320. The van der Waals surface area contributed by atoms with Crippen LogP contribution in [-0.2, 0) is 14.2 Å². The highest BCUT2D eigenvalue weighted by molar-refractivity contribution is 5.68. The second kappa shape index (κ2) is 15.0. The maximum Gasteiger partial charge on any atom is 0.410 e. The molecule has 1 aliphatic carbocycles. The third kappa shape index (κ3) is 8.88. The molecule has 1 aromatic carbocycles. The zero-order valence-electron chi connectivity index (χ0n) is 24.2. The van der Waals surface area contributed by atoms with Gasteiger partial charge in [0.1, 0.15) is 18.0 Å². The number of methoxy groups -OCH3 is 2. The molecule has 2 aliphatic heterocycles. The molecule has 3 aliphatic rings. The van der Waals surface area contributed by atoms with Crippen molar-refractivity contribution in [1.82, 2.24) is 10.2 Å². The van der Waals surface area contributed by atoms with Gasteiger partial charge in [-0.2, -0.15) is 0 Å². The molecule has 3 fully saturated rings. The smallest absolute Gasteiger partial charge is 0.410 e. The number of nitrogens with one attached hydrogen (secondary N) is 1. The Bertz CT molecular complexity index is 888. The minimum atomic E-state index is -0.150. The predicted octanol–water partition coefficient (Wildman–Crippen LogP) is 4.52. The highest BCUT2D eigenvalue weighted by atomic mass is 16.6. The lowest BCUT2D eigenvalue weighted by Crippen LogP contribution is -2.42. The van der Waals surface area contributed by atoms with Gasteiger partial charge >= 0.3 is 6.09 Å². The van der Waals surface area contributed by atoms with Crippen LogP contribution in [-0.4, -0.2) is 89.5 Å². The first-order valence-electron chi connectivity index (χ1n) is 14.7. The van der Waals surface area contributed by atoms with Gasteiger partial charge < -0.3 is 38.6 Å². The zero-order chi connectivity index (χ0) is 27.6. The van der Waals surface area contributed by atoms with Crippen molar-refractivity contribution in [3.63, 3.8) is 0 Å². The molecule has 0 spiro atoms. The van der Waals surface area contributed by atoms with E-state index in [-0.39, 0.29) is 18.3 Å². The van der Waals surface area contributed by atoms with Crippen LogP contribution in [0.5, 0.6) is 17.2 Å². The van der Waals surface area contributed by atoms with Gasteiger partial charge in [-0.25, -0.2) is 4.79 Å². The van der Waals surface area contributed by atoms with Crippen LogP contribution in [0.3, 0.4) is 0 Å². The van der Waals surface area contributed by atoms with E-state index in [2.05, 4.69) is 19.2 Å². The van der Waals surface area contributed by atoms with Crippen molar-refractivity contribution in [2.45, 2.75) is 70.6 Å². The molecule has 0 radical (unpaired) electrons. The third-order valence-electron chi connectivity index (χ3n) is 8.02. The van der Waals surface area contributed by atoms with E-state index in [0.717, 1.165) is 63.9 Å². The molecule has 9 nitrogen and oxygen atoms in total. The number of rotatable bonds is 15. The van der Waals surface area contributed by atoms with Gasteiger partial charge in [-0.3, -0.25) is 0 Å². The van der Waals surface area contributed by atoms with Gasteiger partial charge in [0.25, 0.3) is 0 Å². The number of hydrogen-bond donors (Lipinski definition) is 1. The summed E-state index contributed by atoms with van der Waals surface area (Å²) in [5.41, 5.74) is 0. The topological polar surface area (TPSA) is 87.7 Å². The number of amides is 1. The van der Waals surface area contributed by atoms with Crippen LogP contribution >= 0.6 is 0 Å². The Morgan fingerprint density at radius 1 is 1.05 bits per heavy atom. The van der Waals surface area contributed by atoms with Crippen LogP contribution in [0.1, 0.15) is 52.4 Å². The summed E-state index contributed by atoms with van der Waals surface area (Å²) in [5.74, 6) is 3.26. The molecule has 1 unspecified atom stereocenters. The molecule has 2 saturated heterocycles. The summed E-state index contributed by atoms with van der Waals surface area (Å²) in [6, 6.07) is 6.08. The van der Waals surface area contributed by atoms with Crippen LogP contribution in [0, 0.1) is 17.8 Å². The van der Waals surface area contributed by atoms with Crippen molar-refractivity contribution >= 4 is 6.09 Å². The van der Waals surface area contributed by atoms with Crippen LogP contribution < -0.4 is 19.5 Å². The summed E-state index contributed by atoms with van der Waals surface area (Å²) >= 11 is 0. The average Bonchev–Trinajstić information content (AvgIpc) is 3.69. The molecule has 9 heteroatoms. The normalized spacial score (nSPS) is 22.5. The Morgan fingerprint density at radius 2 is 1.82 bits per heavy atom. The fourth-order valence-corrected chi connectivity index (χ4v) is 5.45. The Balaban J connectivity index is 1.36. The number of carbonyl (C=O) groups excluding carboxylic acids is 1. The first-order valence-corrected chi connectivity index (χ1v) is 14.7. The summed E-state index contributed by atoms with van der Waals surface area (Å²) in [7, 11) is 3.33. The monoisotopic (exact) mass is 548 g/mol. The number of benzene rings is 1. The number of ether oxygens (including phenoxy) is 6. The standard InChI is InChI=1S/C30H48N2O7/c1-21(2)28(38-26-8-9-27(35-4)29(17-26)37-13-5-12-34-3)16-22-18-31-19-23(22)20-32(24-6-7-24)30(33)39-25-10-14-36-15-11-25/h8-9,17,21-25,28,31H,5-7,10-16,18-20H2,1-4H3/t22-,23+,28?/m1/s1. The molecule has 4 rings (SSSR count). The summed E-state index contributed by atoms with van der Waals surface area (Å²) in [5, 5.41) is 3.58. The number of carbonyl (C=O) groups is 1. The van der Waals surface area contributed by atoms with E-state index in [1.807, 2.05) is 23.1 Å². The molecule has 1 aromatic rings. The molecule has 3 atom stereocenters. The van der Waals surface area contributed by atoms with Crippen LogP contribution in [0.15, 0.2) is 18.2 Å². The summed E-state index contributed by atoms with van der Waals surface area (Å²) in [6.07, 6.45) is 5.29. The zero-order valence-corrected chi connectivity index (χ0v) is 24.2. The molecule has 1 saturated carbocycles. The summed E-state index contributed by atoms with van der Waals surface area (Å²) < 4.78 is 34.5. The van der Waals surface area contributed by atoms with E-state index in [1.165, 1.54) is 0 Å². The Labute approximate surface area is 233 Å². The molecule has 1 N–H and O–H groups in total.